The molecule has 96 valence electrons. The first kappa shape index (κ1) is 11.9. The first-order chi connectivity index (χ1) is 9.20. The Kier molecular flexibility index (Phi) is 2.84. The lowest BCUT2D eigenvalue weighted by Gasteiger charge is -2.26. The molecule has 1 amide bonds. The topological polar surface area (TPSA) is 40.5 Å². The van der Waals surface area contributed by atoms with Gasteiger partial charge in [-0.25, -0.2) is 0 Å². The van der Waals surface area contributed by atoms with Gasteiger partial charge in [0.05, 0.1) is 6.04 Å². The number of aliphatic hydroxyl groups excluding tert-OH is 1. The molecule has 0 saturated heterocycles. The number of aliphatic hydroxyl groups is 1. The third-order valence-corrected chi connectivity index (χ3v) is 3.69. The Morgan fingerprint density at radius 1 is 1.05 bits per heavy atom. The van der Waals surface area contributed by atoms with Gasteiger partial charge in [-0.3, -0.25) is 4.79 Å². The summed E-state index contributed by atoms with van der Waals surface area (Å²) in [6.45, 7) is 0. The molecule has 19 heavy (non-hydrogen) atoms. The molecule has 2 aromatic rings. The van der Waals surface area contributed by atoms with Crippen molar-refractivity contribution in [1.29, 1.82) is 0 Å². The summed E-state index contributed by atoms with van der Waals surface area (Å²) in [7, 11) is 1.74. The number of carbonyl (C=O) groups excluding carboxylic acids is 1. The number of rotatable bonds is 2. The van der Waals surface area contributed by atoms with E-state index in [1.807, 2.05) is 54.6 Å². The van der Waals surface area contributed by atoms with Crippen LogP contribution in [-0.4, -0.2) is 23.0 Å². The van der Waals surface area contributed by atoms with Gasteiger partial charge in [0.15, 0.2) is 0 Å². The van der Waals surface area contributed by atoms with E-state index in [2.05, 4.69) is 0 Å². The molecule has 1 aliphatic rings. The van der Waals surface area contributed by atoms with Gasteiger partial charge in [0, 0.05) is 12.6 Å². The molecule has 0 unspecified atom stereocenters. The van der Waals surface area contributed by atoms with E-state index in [0.717, 1.165) is 11.1 Å². The average molecular weight is 253 g/mol. The molecule has 3 heteroatoms. The van der Waals surface area contributed by atoms with Crippen molar-refractivity contribution >= 4 is 5.91 Å². The molecular weight excluding hydrogens is 238 g/mol. The number of carbonyl (C=O) groups is 1. The van der Waals surface area contributed by atoms with Gasteiger partial charge >= 0.3 is 0 Å². The van der Waals surface area contributed by atoms with Crippen LogP contribution < -0.4 is 0 Å². The highest BCUT2D eigenvalue weighted by Crippen LogP contribution is 2.40. The minimum Gasteiger partial charge on any atom is -0.386 e. The smallest absolute Gasteiger partial charge is 0.254 e. The van der Waals surface area contributed by atoms with Crippen LogP contribution in [0.5, 0.6) is 0 Å². The lowest BCUT2D eigenvalue weighted by molar-refractivity contribution is 0.0514. The Hall–Kier alpha value is -2.13. The lowest BCUT2D eigenvalue weighted by atomic mass is 9.95. The number of benzene rings is 2. The Balaban J connectivity index is 2.04. The average Bonchev–Trinajstić information content (AvgIpc) is 2.72. The molecule has 1 N–H and O–H groups in total. The SMILES string of the molecule is CN1C(=O)c2ccccc2[C@@H]1[C@H](O)c1ccccc1. The molecule has 1 heterocycles. The van der Waals surface area contributed by atoms with Crippen molar-refractivity contribution in [2.45, 2.75) is 12.1 Å². The second kappa shape index (κ2) is 4.52. The highest BCUT2D eigenvalue weighted by atomic mass is 16.3. The highest BCUT2D eigenvalue weighted by molar-refractivity contribution is 5.99. The molecule has 2 atom stereocenters. The van der Waals surface area contributed by atoms with Crippen molar-refractivity contribution in [1.82, 2.24) is 4.90 Å². The maximum atomic E-state index is 12.2. The number of amides is 1. The van der Waals surface area contributed by atoms with Gasteiger partial charge in [-0.05, 0) is 17.2 Å². The molecule has 0 spiro atoms. The Labute approximate surface area is 112 Å². The van der Waals surface area contributed by atoms with Crippen LogP contribution in [0.2, 0.25) is 0 Å². The van der Waals surface area contributed by atoms with E-state index >= 15 is 0 Å². The first-order valence-electron chi connectivity index (χ1n) is 6.29. The summed E-state index contributed by atoms with van der Waals surface area (Å²) >= 11 is 0. The predicted molar refractivity (Wildman–Crippen MR) is 72.7 cm³/mol. The molecule has 3 rings (SSSR count). The van der Waals surface area contributed by atoms with Crippen LogP contribution in [-0.2, 0) is 0 Å². The third-order valence-electron chi connectivity index (χ3n) is 3.69. The first-order valence-corrected chi connectivity index (χ1v) is 6.29. The van der Waals surface area contributed by atoms with E-state index in [0.29, 0.717) is 5.56 Å². The van der Waals surface area contributed by atoms with Crippen molar-refractivity contribution in [3.8, 4) is 0 Å². The zero-order valence-corrected chi connectivity index (χ0v) is 10.7. The van der Waals surface area contributed by atoms with Crippen LogP contribution in [0.1, 0.15) is 33.6 Å². The van der Waals surface area contributed by atoms with E-state index in [-0.39, 0.29) is 11.9 Å². The van der Waals surface area contributed by atoms with Gasteiger partial charge in [0.1, 0.15) is 6.10 Å². The fourth-order valence-corrected chi connectivity index (χ4v) is 2.69. The maximum absolute atomic E-state index is 12.2. The Morgan fingerprint density at radius 2 is 1.68 bits per heavy atom. The Bertz CT molecular complexity index is 609. The molecule has 0 radical (unpaired) electrons. The number of fused-ring (bicyclic) bond motifs is 1. The van der Waals surface area contributed by atoms with E-state index in [9.17, 15) is 9.90 Å². The second-order valence-corrected chi connectivity index (χ2v) is 4.80. The molecule has 0 fully saturated rings. The molecule has 0 bridgehead atoms. The summed E-state index contributed by atoms with van der Waals surface area (Å²) in [5.74, 6) is -0.0319. The maximum Gasteiger partial charge on any atom is 0.254 e. The van der Waals surface area contributed by atoms with Crippen LogP contribution in [0.25, 0.3) is 0 Å². The van der Waals surface area contributed by atoms with Gasteiger partial charge in [-0.15, -0.1) is 0 Å². The summed E-state index contributed by atoms with van der Waals surface area (Å²) in [5.41, 5.74) is 2.40. The number of hydrogen-bond donors (Lipinski definition) is 1. The van der Waals surface area contributed by atoms with Crippen LogP contribution >= 0.6 is 0 Å². The molecule has 3 nitrogen and oxygen atoms in total. The summed E-state index contributed by atoms with van der Waals surface area (Å²) in [4.78, 5) is 13.8. The van der Waals surface area contributed by atoms with Crippen molar-refractivity contribution in [2.24, 2.45) is 0 Å². The number of nitrogens with zero attached hydrogens (tertiary/aromatic N) is 1. The monoisotopic (exact) mass is 253 g/mol. The molecule has 0 aromatic heterocycles. The minimum absolute atomic E-state index is 0.0319. The summed E-state index contributed by atoms with van der Waals surface area (Å²) in [6, 6.07) is 16.6. The van der Waals surface area contributed by atoms with E-state index in [1.54, 1.807) is 11.9 Å². The van der Waals surface area contributed by atoms with Crippen molar-refractivity contribution in [3.63, 3.8) is 0 Å². The minimum atomic E-state index is -0.709. The zero-order valence-electron chi connectivity index (χ0n) is 10.7. The Morgan fingerprint density at radius 3 is 2.42 bits per heavy atom. The van der Waals surface area contributed by atoms with Gasteiger partial charge in [0.2, 0.25) is 0 Å². The van der Waals surface area contributed by atoms with Gasteiger partial charge in [0.25, 0.3) is 5.91 Å². The summed E-state index contributed by atoms with van der Waals surface area (Å²) < 4.78 is 0. The molecule has 0 aliphatic carbocycles. The van der Waals surface area contributed by atoms with Crippen molar-refractivity contribution < 1.29 is 9.90 Å². The fraction of sp³-hybridized carbons (Fsp3) is 0.188. The highest BCUT2D eigenvalue weighted by Gasteiger charge is 2.38. The second-order valence-electron chi connectivity index (χ2n) is 4.80. The van der Waals surface area contributed by atoms with Crippen molar-refractivity contribution in [3.05, 3.63) is 71.3 Å². The number of hydrogen-bond acceptors (Lipinski definition) is 2. The lowest BCUT2D eigenvalue weighted by Crippen LogP contribution is -2.27. The molecular formula is C16H15NO2. The van der Waals surface area contributed by atoms with Crippen LogP contribution in [0.3, 0.4) is 0 Å². The van der Waals surface area contributed by atoms with Crippen molar-refractivity contribution in [2.75, 3.05) is 7.05 Å². The quantitative estimate of drug-likeness (QED) is 0.893. The molecule has 1 aliphatic heterocycles. The van der Waals surface area contributed by atoms with Crippen LogP contribution in [0.15, 0.2) is 54.6 Å². The van der Waals surface area contributed by atoms with Crippen LogP contribution in [0, 0.1) is 0 Å². The van der Waals surface area contributed by atoms with E-state index < -0.39 is 6.10 Å². The molecule has 0 saturated carbocycles. The van der Waals surface area contributed by atoms with Gasteiger partial charge in [-0.2, -0.15) is 0 Å². The van der Waals surface area contributed by atoms with E-state index in [4.69, 9.17) is 0 Å². The third kappa shape index (κ3) is 1.83. The standard InChI is InChI=1S/C16H15NO2/c1-17-14(15(18)11-7-3-2-4-8-11)12-9-5-6-10-13(12)16(17)19/h2-10,14-15,18H,1H3/t14-,15-/m1/s1. The summed E-state index contributed by atoms with van der Waals surface area (Å²) in [5, 5.41) is 10.6. The van der Waals surface area contributed by atoms with E-state index in [1.165, 1.54) is 0 Å². The van der Waals surface area contributed by atoms with Gasteiger partial charge < -0.3 is 10.0 Å². The van der Waals surface area contributed by atoms with Gasteiger partial charge in [-0.1, -0.05) is 48.5 Å². The normalized spacial score (nSPS) is 19.4. The van der Waals surface area contributed by atoms with Crippen LogP contribution in [0.4, 0.5) is 0 Å². The molecule has 2 aromatic carbocycles. The zero-order chi connectivity index (χ0) is 13.4. The largest absolute Gasteiger partial charge is 0.386 e. The number of likely N-dealkylation sites (N-methyl/N-ethyl adjacent to an activating group) is 1. The predicted octanol–water partition coefficient (Wildman–Crippen LogP) is 2.55. The fourth-order valence-electron chi connectivity index (χ4n) is 2.69. The summed E-state index contributed by atoms with van der Waals surface area (Å²) in [6.07, 6.45) is -0.709.